The van der Waals surface area contributed by atoms with E-state index in [1.54, 1.807) is 12.2 Å². The Kier molecular flexibility index (Phi) is 9.96. The predicted octanol–water partition coefficient (Wildman–Crippen LogP) is 3.85. The third-order valence-corrected chi connectivity index (χ3v) is 3.95. The van der Waals surface area contributed by atoms with Gasteiger partial charge in [-0.2, -0.15) is 0 Å². The first kappa shape index (κ1) is 21.3. The van der Waals surface area contributed by atoms with Gasteiger partial charge in [-0.3, -0.25) is 9.78 Å². The second kappa shape index (κ2) is 11.7. The molecular weight excluding hydrogens is 325 g/mol. The van der Waals surface area contributed by atoms with Crippen LogP contribution in [-0.4, -0.2) is 32.4 Å². The Balaban J connectivity index is 2.66. The lowest BCUT2D eigenvalue weighted by atomic mass is 10.0. The summed E-state index contributed by atoms with van der Waals surface area (Å²) in [5, 5.41) is 28.8. The highest BCUT2D eigenvalue weighted by Gasteiger charge is 2.14. The van der Waals surface area contributed by atoms with E-state index in [4.69, 9.17) is 5.11 Å². The van der Waals surface area contributed by atoms with Crippen molar-refractivity contribution in [3.8, 4) is 0 Å². The minimum Gasteiger partial charge on any atom is -0.481 e. The fraction of sp³-hybridized carbons (Fsp3) is 0.579. The normalized spacial score (nSPS) is 13.9. The van der Waals surface area contributed by atoms with Crippen LogP contribution in [0.25, 0.3) is 6.08 Å². The molecule has 0 amide bonds. The van der Waals surface area contributed by atoms with Crippen molar-refractivity contribution in [2.24, 2.45) is 0 Å². The molecule has 2 atom stereocenters. The maximum atomic E-state index is 13.5. The Bertz CT molecular complexity index is 562. The Labute approximate surface area is 148 Å². The quantitative estimate of drug-likeness (QED) is 0.497. The van der Waals surface area contributed by atoms with E-state index in [1.165, 1.54) is 6.07 Å². The molecule has 0 aromatic carbocycles. The van der Waals surface area contributed by atoms with Crippen LogP contribution in [0, 0.1) is 5.82 Å². The van der Waals surface area contributed by atoms with Gasteiger partial charge in [0.2, 0.25) is 0 Å². The second-order valence-corrected chi connectivity index (χ2v) is 6.22. The lowest BCUT2D eigenvalue weighted by molar-refractivity contribution is -0.137. The van der Waals surface area contributed by atoms with Crippen molar-refractivity contribution in [3.63, 3.8) is 0 Å². The van der Waals surface area contributed by atoms with Crippen molar-refractivity contribution in [3.05, 3.63) is 35.4 Å². The molecule has 0 bridgehead atoms. The van der Waals surface area contributed by atoms with E-state index in [0.29, 0.717) is 24.1 Å². The second-order valence-electron chi connectivity index (χ2n) is 6.22. The number of carboxylic acids is 1. The van der Waals surface area contributed by atoms with E-state index in [9.17, 15) is 19.4 Å². The number of unbranched alkanes of at least 4 members (excludes halogenated alkanes) is 2. The number of carbonyl (C=O) groups is 1. The van der Waals surface area contributed by atoms with Gasteiger partial charge in [0.05, 0.1) is 24.1 Å². The van der Waals surface area contributed by atoms with Gasteiger partial charge in [-0.25, -0.2) is 4.39 Å². The molecule has 1 aromatic heterocycles. The minimum atomic E-state index is -0.950. The van der Waals surface area contributed by atoms with Crippen LogP contribution in [0.5, 0.6) is 0 Å². The number of hydrogen-bond donors (Lipinski definition) is 3. The third-order valence-electron chi connectivity index (χ3n) is 3.95. The first-order valence-corrected chi connectivity index (χ1v) is 8.84. The topological polar surface area (TPSA) is 90.7 Å². The Hall–Kier alpha value is -1.79. The molecule has 0 radical (unpaired) electrons. The number of aliphatic carboxylic acids is 1. The Morgan fingerprint density at radius 3 is 2.72 bits per heavy atom. The lowest BCUT2D eigenvalue weighted by Crippen LogP contribution is -2.06. The van der Waals surface area contributed by atoms with Gasteiger partial charge in [-0.1, -0.05) is 38.3 Å². The Morgan fingerprint density at radius 2 is 2.04 bits per heavy atom. The van der Waals surface area contributed by atoms with E-state index >= 15 is 0 Å². The summed E-state index contributed by atoms with van der Waals surface area (Å²) in [6.07, 6.45) is 7.90. The average Bonchev–Trinajstić information content (AvgIpc) is 2.54. The van der Waals surface area contributed by atoms with E-state index < -0.39 is 24.0 Å². The zero-order valence-corrected chi connectivity index (χ0v) is 14.7. The van der Waals surface area contributed by atoms with Crippen LogP contribution >= 0.6 is 0 Å². The highest BCUT2D eigenvalue weighted by molar-refractivity contribution is 5.66. The third kappa shape index (κ3) is 8.74. The maximum absolute atomic E-state index is 13.5. The number of pyridine rings is 1. The minimum absolute atomic E-state index is 0.0343. The molecule has 1 aromatic rings. The fourth-order valence-corrected chi connectivity index (χ4v) is 2.56. The smallest absolute Gasteiger partial charge is 0.303 e. The van der Waals surface area contributed by atoms with Gasteiger partial charge in [0.25, 0.3) is 0 Å². The van der Waals surface area contributed by atoms with E-state index in [-0.39, 0.29) is 12.8 Å². The number of halogens is 1. The van der Waals surface area contributed by atoms with E-state index in [0.717, 1.165) is 31.9 Å². The predicted molar refractivity (Wildman–Crippen MR) is 94.4 cm³/mol. The van der Waals surface area contributed by atoms with Crippen molar-refractivity contribution in [1.82, 2.24) is 4.98 Å². The number of aliphatic hydroxyl groups excluding tert-OH is 2. The molecule has 3 N–H and O–H groups in total. The van der Waals surface area contributed by atoms with Crippen LogP contribution in [-0.2, 0) is 4.79 Å². The summed E-state index contributed by atoms with van der Waals surface area (Å²) in [5.41, 5.74) is 0.770. The van der Waals surface area contributed by atoms with Gasteiger partial charge in [0.1, 0.15) is 5.82 Å². The summed E-state index contributed by atoms with van der Waals surface area (Å²) >= 11 is 0. The number of nitrogens with zero attached hydrogens (tertiary/aromatic N) is 1. The standard InChI is InChI=1S/C19H28FNO4/c1-2-3-4-8-16(22)9-5-7-14-12-15(20)13-21-19(14)17(23)10-6-11-18(24)25/h5,7,12-13,16-17,22-23H,2-4,6,8-11H2,1H3,(H,24,25)/b7-5+. The summed E-state index contributed by atoms with van der Waals surface area (Å²) in [5.74, 6) is -1.43. The number of aromatic nitrogens is 1. The molecule has 140 valence electrons. The molecule has 0 aliphatic rings. The van der Waals surface area contributed by atoms with Gasteiger partial charge in [-0.15, -0.1) is 0 Å². The van der Waals surface area contributed by atoms with Gasteiger partial charge < -0.3 is 15.3 Å². The molecule has 5 nitrogen and oxygen atoms in total. The molecular formula is C19H28FNO4. The van der Waals surface area contributed by atoms with Crippen LogP contribution in [0.3, 0.4) is 0 Å². The molecule has 6 heteroatoms. The summed E-state index contributed by atoms with van der Waals surface area (Å²) in [6, 6.07) is 1.28. The van der Waals surface area contributed by atoms with Gasteiger partial charge in [0, 0.05) is 12.0 Å². The van der Waals surface area contributed by atoms with Gasteiger partial charge in [0.15, 0.2) is 0 Å². The van der Waals surface area contributed by atoms with E-state index in [1.807, 2.05) is 0 Å². The SMILES string of the molecule is CCCCCC(O)C/C=C/c1cc(F)cnc1C(O)CCCC(=O)O. The zero-order chi connectivity index (χ0) is 18.7. The first-order valence-electron chi connectivity index (χ1n) is 8.84. The first-order chi connectivity index (χ1) is 11.9. The lowest BCUT2D eigenvalue weighted by Gasteiger charge is -2.12. The number of carboxylic acid groups (broad SMARTS) is 1. The van der Waals surface area contributed by atoms with Crippen molar-refractivity contribution >= 4 is 12.0 Å². The van der Waals surface area contributed by atoms with Crippen LogP contribution in [0.4, 0.5) is 4.39 Å². The molecule has 0 saturated heterocycles. The number of rotatable bonds is 12. The van der Waals surface area contributed by atoms with Crippen LogP contribution < -0.4 is 0 Å². The van der Waals surface area contributed by atoms with Crippen molar-refractivity contribution in [1.29, 1.82) is 0 Å². The van der Waals surface area contributed by atoms with Crippen LogP contribution in [0.15, 0.2) is 18.3 Å². The molecule has 0 spiro atoms. The monoisotopic (exact) mass is 353 g/mol. The molecule has 0 fully saturated rings. The largest absolute Gasteiger partial charge is 0.481 e. The summed E-state index contributed by atoms with van der Waals surface area (Å²) in [6.45, 7) is 2.10. The zero-order valence-electron chi connectivity index (χ0n) is 14.7. The highest BCUT2D eigenvalue weighted by atomic mass is 19.1. The molecule has 1 heterocycles. The molecule has 0 aliphatic heterocycles. The van der Waals surface area contributed by atoms with Crippen molar-refractivity contribution < 1.29 is 24.5 Å². The molecule has 0 aliphatic carbocycles. The summed E-state index contributed by atoms with van der Waals surface area (Å²) in [7, 11) is 0. The molecule has 2 unspecified atom stereocenters. The molecule has 1 rings (SSSR count). The average molecular weight is 353 g/mol. The number of aliphatic hydroxyl groups is 2. The van der Waals surface area contributed by atoms with Gasteiger partial charge >= 0.3 is 5.97 Å². The molecule has 25 heavy (non-hydrogen) atoms. The maximum Gasteiger partial charge on any atom is 0.303 e. The number of hydrogen-bond acceptors (Lipinski definition) is 4. The van der Waals surface area contributed by atoms with Crippen LogP contribution in [0.1, 0.15) is 75.7 Å². The van der Waals surface area contributed by atoms with E-state index in [2.05, 4.69) is 11.9 Å². The Morgan fingerprint density at radius 1 is 1.28 bits per heavy atom. The highest BCUT2D eigenvalue weighted by Crippen LogP contribution is 2.23. The summed E-state index contributed by atoms with van der Waals surface area (Å²) in [4.78, 5) is 14.5. The fourth-order valence-electron chi connectivity index (χ4n) is 2.56. The van der Waals surface area contributed by atoms with Gasteiger partial charge in [-0.05, 0) is 31.7 Å². The van der Waals surface area contributed by atoms with Crippen molar-refractivity contribution in [2.75, 3.05) is 0 Å². The van der Waals surface area contributed by atoms with Crippen molar-refractivity contribution in [2.45, 2.75) is 70.5 Å². The molecule has 0 saturated carbocycles. The van der Waals surface area contributed by atoms with Crippen LogP contribution in [0.2, 0.25) is 0 Å². The summed E-state index contributed by atoms with van der Waals surface area (Å²) < 4.78 is 13.5.